The van der Waals surface area contributed by atoms with E-state index in [9.17, 15) is 12.8 Å². The fourth-order valence-corrected chi connectivity index (χ4v) is 2.78. The van der Waals surface area contributed by atoms with E-state index in [2.05, 4.69) is 4.72 Å². The maximum atomic E-state index is 12.8. The van der Waals surface area contributed by atoms with Crippen molar-refractivity contribution >= 4 is 32.9 Å². The first-order valence-corrected chi connectivity index (χ1v) is 7.46. The normalized spacial score (nSPS) is 11.1. The number of nitrogens with two attached hydrogens (primary N) is 1. The van der Waals surface area contributed by atoms with Gasteiger partial charge in [-0.15, -0.1) is 0 Å². The van der Waals surface area contributed by atoms with Crippen molar-refractivity contribution in [1.82, 2.24) is 0 Å². The summed E-state index contributed by atoms with van der Waals surface area (Å²) in [5.41, 5.74) is 6.20. The molecule has 0 aromatic heterocycles. The van der Waals surface area contributed by atoms with Gasteiger partial charge in [0.25, 0.3) is 10.0 Å². The van der Waals surface area contributed by atoms with Crippen LogP contribution < -0.4 is 10.5 Å². The van der Waals surface area contributed by atoms with Crippen LogP contribution in [0.3, 0.4) is 0 Å². The average Bonchev–Trinajstić information content (AvgIpc) is 2.41. The van der Waals surface area contributed by atoms with Crippen LogP contribution in [0.15, 0.2) is 53.4 Å². The molecule has 0 fully saturated rings. The first-order valence-electron chi connectivity index (χ1n) is 5.57. The number of nitrogens with one attached hydrogen (secondary N) is 1. The molecule has 7 heteroatoms. The molecule has 3 N–H and O–H groups in total. The highest BCUT2D eigenvalue weighted by molar-refractivity contribution is 7.92. The fraction of sp³-hybridized carbons (Fsp3) is 0. The summed E-state index contributed by atoms with van der Waals surface area (Å²) in [5.74, 6) is -0.441. The zero-order valence-electron chi connectivity index (χ0n) is 10.2. The van der Waals surface area contributed by atoms with Gasteiger partial charge in [-0.05, 0) is 36.4 Å². The van der Waals surface area contributed by atoms with Crippen LogP contribution >= 0.6 is 12.2 Å². The second-order valence-corrected chi connectivity index (χ2v) is 6.13. The topological polar surface area (TPSA) is 72.2 Å². The third-order valence-corrected chi connectivity index (χ3v) is 4.14. The van der Waals surface area contributed by atoms with E-state index in [-0.39, 0.29) is 15.6 Å². The average molecular weight is 310 g/mol. The number of hydrogen-bond acceptors (Lipinski definition) is 3. The van der Waals surface area contributed by atoms with E-state index < -0.39 is 15.8 Å². The Labute approximate surface area is 121 Å². The van der Waals surface area contributed by atoms with Crippen molar-refractivity contribution in [1.29, 1.82) is 0 Å². The van der Waals surface area contributed by atoms with E-state index in [4.69, 9.17) is 18.0 Å². The van der Waals surface area contributed by atoms with Gasteiger partial charge in [0.05, 0.1) is 4.90 Å². The van der Waals surface area contributed by atoms with Crippen molar-refractivity contribution in [2.45, 2.75) is 4.90 Å². The number of anilines is 1. The molecule has 104 valence electrons. The number of halogens is 1. The summed E-state index contributed by atoms with van der Waals surface area (Å²) in [7, 11) is -3.77. The molecule has 0 spiro atoms. The van der Waals surface area contributed by atoms with Gasteiger partial charge in [-0.1, -0.05) is 24.4 Å². The summed E-state index contributed by atoms with van der Waals surface area (Å²) >= 11 is 4.81. The van der Waals surface area contributed by atoms with Gasteiger partial charge in [-0.25, -0.2) is 12.8 Å². The summed E-state index contributed by atoms with van der Waals surface area (Å²) in [4.78, 5) is 0.149. The molecule has 2 aromatic rings. The third kappa shape index (κ3) is 3.31. The molecule has 0 radical (unpaired) electrons. The molecule has 0 aliphatic rings. The van der Waals surface area contributed by atoms with Gasteiger partial charge in [0.15, 0.2) is 0 Å². The molecule has 0 saturated heterocycles. The Bertz CT molecular complexity index is 743. The molecule has 2 aromatic carbocycles. The van der Waals surface area contributed by atoms with E-state index in [1.54, 1.807) is 12.1 Å². The molecule has 0 heterocycles. The molecule has 0 bridgehead atoms. The zero-order valence-corrected chi connectivity index (χ0v) is 11.8. The minimum atomic E-state index is -3.77. The first-order chi connectivity index (χ1) is 9.38. The van der Waals surface area contributed by atoms with E-state index in [0.717, 1.165) is 0 Å². The molecule has 4 nitrogen and oxygen atoms in total. The zero-order chi connectivity index (χ0) is 14.8. The molecule has 0 aliphatic carbocycles. The van der Waals surface area contributed by atoms with Crippen molar-refractivity contribution in [3.8, 4) is 0 Å². The highest BCUT2D eigenvalue weighted by Crippen LogP contribution is 2.17. The summed E-state index contributed by atoms with van der Waals surface area (Å²) in [6, 6.07) is 11.0. The molecular weight excluding hydrogens is 299 g/mol. The highest BCUT2D eigenvalue weighted by Gasteiger charge is 2.15. The van der Waals surface area contributed by atoms with E-state index >= 15 is 0 Å². The summed E-state index contributed by atoms with van der Waals surface area (Å²) in [6.45, 7) is 0. The quantitative estimate of drug-likeness (QED) is 0.850. The van der Waals surface area contributed by atoms with Gasteiger partial charge in [0, 0.05) is 11.3 Å². The van der Waals surface area contributed by atoms with Gasteiger partial charge in [-0.2, -0.15) is 0 Å². The van der Waals surface area contributed by atoms with Gasteiger partial charge in [-0.3, -0.25) is 4.72 Å². The van der Waals surface area contributed by atoms with E-state index in [1.807, 2.05) is 0 Å². The number of benzene rings is 2. The number of sulfonamides is 1. The van der Waals surface area contributed by atoms with E-state index in [0.29, 0.717) is 5.56 Å². The highest BCUT2D eigenvalue weighted by atomic mass is 32.2. The molecule has 20 heavy (non-hydrogen) atoms. The molecule has 0 aliphatic heterocycles. The molecular formula is C13H11FN2O2S2. The van der Waals surface area contributed by atoms with Gasteiger partial charge in [0.2, 0.25) is 0 Å². The Morgan fingerprint density at radius 3 is 2.40 bits per heavy atom. The van der Waals surface area contributed by atoms with Crippen LogP contribution in [0, 0.1) is 5.82 Å². The summed E-state index contributed by atoms with van der Waals surface area (Å²) in [5, 5.41) is 0. The smallest absolute Gasteiger partial charge is 0.261 e. The molecule has 0 atom stereocenters. The second kappa shape index (κ2) is 5.56. The second-order valence-electron chi connectivity index (χ2n) is 4.00. The van der Waals surface area contributed by atoms with E-state index in [1.165, 1.54) is 36.4 Å². The Balaban J connectivity index is 2.33. The standard InChI is InChI=1S/C13H11FN2O2S2/c14-10-4-6-11(7-5-10)16-20(17,18)12-3-1-2-9(8-12)13(15)19/h1-8,16H,(H2,15,19). The summed E-state index contributed by atoms with van der Waals surface area (Å²) in [6.07, 6.45) is 0. The molecule has 0 saturated carbocycles. The van der Waals surface area contributed by atoms with Crippen molar-refractivity contribution in [2.24, 2.45) is 5.73 Å². The lowest BCUT2D eigenvalue weighted by molar-refractivity contribution is 0.601. The Morgan fingerprint density at radius 2 is 1.80 bits per heavy atom. The minimum absolute atomic E-state index is 0.0344. The van der Waals surface area contributed by atoms with Crippen molar-refractivity contribution in [3.05, 3.63) is 59.9 Å². The maximum absolute atomic E-state index is 12.8. The van der Waals surface area contributed by atoms with Crippen molar-refractivity contribution in [2.75, 3.05) is 4.72 Å². The number of rotatable bonds is 4. The van der Waals surface area contributed by atoms with Crippen LogP contribution in [0.2, 0.25) is 0 Å². The molecule has 2 rings (SSSR count). The predicted octanol–water partition coefficient (Wildman–Crippen LogP) is 2.26. The van der Waals surface area contributed by atoms with Crippen LogP contribution in [-0.4, -0.2) is 13.4 Å². The SMILES string of the molecule is NC(=S)c1cccc(S(=O)(=O)Nc2ccc(F)cc2)c1. The fourth-order valence-electron chi connectivity index (χ4n) is 1.55. The predicted molar refractivity (Wildman–Crippen MR) is 79.5 cm³/mol. The Hall–Kier alpha value is -1.99. The first kappa shape index (κ1) is 14.4. The maximum Gasteiger partial charge on any atom is 0.261 e. The van der Waals surface area contributed by atoms with Gasteiger partial charge < -0.3 is 5.73 Å². The van der Waals surface area contributed by atoms with Crippen molar-refractivity contribution in [3.63, 3.8) is 0 Å². The Morgan fingerprint density at radius 1 is 1.15 bits per heavy atom. The van der Waals surface area contributed by atoms with Crippen LogP contribution in [-0.2, 0) is 10.0 Å². The lowest BCUT2D eigenvalue weighted by atomic mass is 10.2. The largest absolute Gasteiger partial charge is 0.389 e. The van der Waals surface area contributed by atoms with Crippen LogP contribution in [0.1, 0.15) is 5.56 Å². The molecule has 0 amide bonds. The summed E-state index contributed by atoms with van der Waals surface area (Å²) < 4.78 is 39.5. The van der Waals surface area contributed by atoms with Gasteiger partial charge in [0.1, 0.15) is 10.8 Å². The van der Waals surface area contributed by atoms with Crippen molar-refractivity contribution < 1.29 is 12.8 Å². The third-order valence-electron chi connectivity index (χ3n) is 2.53. The van der Waals surface area contributed by atoms with Crippen LogP contribution in [0.5, 0.6) is 0 Å². The molecule has 0 unspecified atom stereocenters. The number of thiocarbonyl (C=S) groups is 1. The Kier molecular flexibility index (Phi) is 4.01. The van der Waals surface area contributed by atoms with Gasteiger partial charge >= 0.3 is 0 Å². The minimum Gasteiger partial charge on any atom is -0.389 e. The lowest BCUT2D eigenvalue weighted by Crippen LogP contribution is -2.15. The van der Waals surface area contributed by atoms with Crippen LogP contribution in [0.25, 0.3) is 0 Å². The number of hydrogen-bond donors (Lipinski definition) is 2. The monoisotopic (exact) mass is 310 g/mol. The van der Waals surface area contributed by atoms with Crippen LogP contribution in [0.4, 0.5) is 10.1 Å². The lowest BCUT2D eigenvalue weighted by Gasteiger charge is -2.09.